The molecule has 4 heteroatoms. The molecule has 228 valence electrons. The fraction of sp³-hybridized carbons (Fsp3) is 0.0667. The molecule has 0 N–H and O–H groups in total. The molecule has 49 heavy (non-hydrogen) atoms. The molecule has 0 radical (unpaired) electrons. The average Bonchev–Trinajstić information content (AvgIpc) is 3.78. The van der Waals surface area contributed by atoms with Gasteiger partial charge < -0.3 is 4.40 Å². The third-order valence-corrected chi connectivity index (χ3v) is 11.4. The molecular weight excluding hydrogens is 597 g/mol. The Bertz CT molecular complexity index is 3250. The van der Waals surface area contributed by atoms with Crippen LogP contribution in [-0.4, -0.2) is 18.9 Å². The molecule has 0 fully saturated rings. The molecule has 0 unspecified atom stereocenters. The number of benzene rings is 7. The Hall–Kier alpha value is -6.26. The summed E-state index contributed by atoms with van der Waals surface area (Å²) in [4.78, 5) is 10.9. The van der Waals surface area contributed by atoms with Gasteiger partial charge in [-0.3, -0.25) is 4.57 Å². The second-order valence-electron chi connectivity index (χ2n) is 14.2. The molecule has 0 bridgehead atoms. The summed E-state index contributed by atoms with van der Waals surface area (Å²) in [5.74, 6) is 0.701. The minimum atomic E-state index is -0.150. The zero-order valence-electron chi connectivity index (χ0n) is 27.0. The molecule has 11 aromatic rings. The first-order valence-corrected chi connectivity index (χ1v) is 17.0. The summed E-state index contributed by atoms with van der Waals surface area (Å²) < 4.78 is 4.83. The zero-order valence-corrected chi connectivity index (χ0v) is 27.0. The first-order chi connectivity index (χ1) is 24.1. The predicted octanol–water partition coefficient (Wildman–Crippen LogP) is 11.3. The van der Waals surface area contributed by atoms with E-state index >= 15 is 0 Å². The lowest BCUT2D eigenvalue weighted by molar-refractivity contribution is 0.643. The smallest absolute Gasteiger partial charge is 0.235 e. The molecule has 4 aromatic heterocycles. The number of fused-ring (bicyclic) bond motifs is 14. The second kappa shape index (κ2) is 8.60. The standard InChI is InChI=1S/C45H28N4/c1-45(2)32-17-8-5-15-28(32)41-40-33(45)18-11-19-34(40)46-44(47-41)48-36-21-10-7-16-29(36)38-37(48)24-31-27-14-6-9-20-35(27)49-42-26-13-4-3-12-25(26)22-23-30(42)39(38)43(31)49/h3-24H,1-2H3. The van der Waals surface area contributed by atoms with E-state index in [1.54, 1.807) is 0 Å². The van der Waals surface area contributed by atoms with E-state index < -0.39 is 0 Å². The number of aromatic nitrogens is 4. The van der Waals surface area contributed by atoms with Crippen molar-refractivity contribution in [3.8, 4) is 17.2 Å². The molecular formula is C45H28N4. The highest BCUT2D eigenvalue weighted by Crippen LogP contribution is 2.50. The number of hydrogen-bond acceptors (Lipinski definition) is 2. The van der Waals surface area contributed by atoms with Crippen molar-refractivity contribution < 1.29 is 0 Å². The Morgan fingerprint density at radius 1 is 0.490 bits per heavy atom. The minimum Gasteiger partial charge on any atom is -0.307 e. The molecule has 0 spiro atoms. The van der Waals surface area contributed by atoms with E-state index in [2.05, 4.69) is 156 Å². The van der Waals surface area contributed by atoms with Crippen molar-refractivity contribution in [2.45, 2.75) is 19.3 Å². The summed E-state index contributed by atoms with van der Waals surface area (Å²) in [5, 5.41) is 11.2. The third kappa shape index (κ3) is 2.98. The maximum atomic E-state index is 5.51. The first-order valence-electron chi connectivity index (χ1n) is 17.0. The van der Waals surface area contributed by atoms with Gasteiger partial charge in [-0.05, 0) is 40.8 Å². The van der Waals surface area contributed by atoms with Gasteiger partial charge in [0.05, 0.1) is 38.8 Å². The van der Waals surface area contributed by atoms with Gasteiger partial charge in [-0.15, -0.1) is 0 Å². The van der Waals surface area contributed by atoms with E-state index in [-0.39, 0.29) is 5.41 Å². The van der Waals surface area contributed by atoms with Crippen LogP contribution >= 0.6 is 0 Å². The van der Waals surface area contributed by atoms with Gasteiger partial charge in [0.2, 0.25) is 5.95 Å². The first kappa shape index (κ1) is 25.8. The Kier molecular flexibility index (Phi) is 4.53. The summed E-state index contributed by atoms with van der Waals surface area (Å²) in [6.07, 6.45) is 0. The normalized spacial score (nSPS) is 14.1. The zero-order chi connectivity index (χ0) is 32.2. The third-order valence-electron chi connectivity index (χ3n) is 11.4. The van der Waals surface area contributed by atoms with Crippen molar-refractivity contribution in [2.75, 3.05) is 0 Å². The van der Waals surface area contributed by atoms with E-state index in [1.165, 1.54) is 76.3 Å². The molecule has 0 saturated carbocycles. The minimum absolute atomic E-state index is 0.150. The van der Waals surface area contributed by atoms with Crippen LogP contribution in [0.25, 0.3) is 98.8 Å². The van der Waals surface area contributed by atoms with Gasteiger partial charge in [-0.25, -0.2) is 9.97 Å². The molecule has 4 heterocycles. The molecule has 1 aliphatic rings. The fourth-order valence-electron chi connectivity index (χ4n) is 9.35. The van der Waals surface area contributed by atoms with Gasteiger partial charge in [-0.2, -0.15) is 0 Å². The van der Waals surface area contributed by atoms with Gasteiger partial charge in [0, 0.05) is 54.1 Å². The maximum Gasteiger partial charge on any atom is 0.235 e. The number of para-hydroxylation sites is 2. The summed E-state index contributed by atoms with van der Waals surface area (Å²) in [7, 11) is 0. The van der Waals surface area contributed by atoms with Crippen molar-refractivity contribution in [2.24, 2.45) is 0 Å². The lowest BCUT2D eigenvalue weighted by atomic mass is 9.70. The topological polar surface area (TPSA) is 35.1 Å². The highest BCUT2D eigenvalue weighted by molar-refractivity contribution is 6.37. The van der Waals surface area contributed by atoms with Gasteiger partial charge in [0.15, 0.2) is 0 Å². The van der Waals surface area contributed by atoms with Gasteiger partial charge >= 0.3 is 0 Å². The van der Waals surface area contributed by atoms with Crippen LogP contribution in [0, 0.1) is 0 Å². The highest BCUT2D eigenvalue weighted by Gasteiger charge is 2.35. The van der Waals surface area contributed by atoms with Crippen molar-refractivity contribution in [1.82, 2.24) is 18.9 Å². The van der Waals surface area contributed by atoms with Crippen LogP contribution in [0.3, 0.4) is 0 Å². The van der Waals surface area contributed by atoms with E-state index in [9.17, 15) is 0 Å². The van der Waals surface area contributed by atoms with Crippen molar-refractivity contribution in [3.05, 3.63) is 145 Å². The van der Waals surface area contributed by atoms with Crippen LogP contribution in [0.4, 0.5) is 0 Å². The van der Waals surface area contributed by atoms with Crippen molar-refractivity contribution in [1.29, 1.82) is 0 Å². The molecule has 4 nitrogen and oxygen atoms in total. The molecule has 7 aromatic carbocycles. The number of nitrogens with zero attached hydrogens (tertiary/aromatic N) is 4. The van der Waals surface area contributed by atoms with Crippen LogP contribution < -0.4 is 0 Å². The largest absolute Gasteiger partial charge is 0.307 e. The van der Waals surface area contributed by atoms with E-state index in [0.717, 1.165) is 27.6 Å². The number of hydrogen-bond donors (Lipinski definition) is 0. The maximum absolute atomic E-state index is 5.51. The summed E-state index contributed by atoms with van der Waals surface area (Å²) in [5.41, 5.74) is 11.6. The van der Waals surface area contributed by atoms with Crippen LogP contribution in [0.1, 0.15) is 25.0 Å². The molecule has 0 atom stereocenters. The number of rotatable bonds is 1. The van der Waals surface area contributed by atoms with E-state index in [1.807, 2.05) is 0 Å². The van der Waals surface area contributed by atoms with Crippen molar-refractivity contribution >= 4 is 81.6 Å². The summed E-state index contributed by atoms with van der Waals surface area (Å²) in [6.45, 7) is 4.63. The Morgan fingerprint density at radius 2 is 1.22 bits per heavy atom. The SMILES string of the molecule is CC1(C)c2ccccc2-c2nc(-n3c4ccccc4c4c5c6ccc7ccccc7c6n6c7ccccc7c(cc43)c56)nc3cccc1c23. The molecule has 1 aliphatic carbocycles. The monoisotopic (exact) mass is 624 g/mol. The lowest BCUT2D eigenvalue weighted by Gasteiger charge is -2.34. The predicted molar refractivity (Wildman–Crippen MR) is 204 cm³/mol. The van der Waals surface area contributed by atoms with Crippen LogP contribution in [0.5, 0.6) is 0 Å². The average molecular weight is 625 g/mol. The molecule has 0 saturated heterocycles. The Balaban J connectivity index is 1.31. The highest BCUT2D eigenvalue weighted by atomic mass is 15.2. The van der Waals surface area contributed by atoms with Crippen molar-refractivity contribution in [3.63, 3.8) is 0 Å². The second-order valence-corrected chi connectivity index (χ2v) is 14.2. The van der Waals surface area contributed by atoms with Crippen LogP contribution in [-0.2, 0) is 5.41 Å². The molecule has 0 amide bonds. The Labute approximate surface area is 280 Å². The fourth-order valence-corrected chi connectivity index (χ4v) is 9.35. The Morgan fingerprint density at radius 3 is 2.12 bits per heavy atom. The van der Waals surface area contributed by atoms with Gasteiger partial charge in [0.25, 0.3) is 0 Å². The summed E-state index contributed by atoms with van der Waals surface area (Å²) in [6, 6.07) is 48.7. The molecule has 12 rings (SSSR count). The quantitative estimate of drug-likeness (QED) is 0.182. The molecule has 0 aliphatic heterocycles. The van der Waals surface area contributed by atoms with Gasteiger partial charge in [-0.1, -0.05) is 123 Å². The van der Waals surface area contributed by atoms with Crippen LogP contribution in [0.15, 0.2) is 133 Å². The summed E-state index contributed by atoms with van der Waals surface area (Å²) >= 11 is 0. The van der Waals surface area contributed by atoms with E-state index in [4.69, 9.17) is 9.97 Å². The lowest BCUT2D eigenvalue weighted by Crippen LogP contribution is -2.24. The van der Waals surface area contributed by atoms with E-state index in [0.29, 0.717) is 5.95 Å². The van der Waals surface area contributed by atoms with Gasteiger partial charge in [0.1, 0.15) is 0 Å². The van der Waals surface area contributed by atoms with Crippen LogP contribution in [0.2, 0.25) is 0 Å².